The van der Waals surface area contributed by atoms with Crippen LogP contribution < -0.4 is 0 Å². The molecule has 0 N–H and O–H groups in total. The van der Waals surface area contributed by atoms with E-state index >= 15 is 0 Å². The molecule has 1 fully saturated rings. The number of pyridine rings is 1. The molecule has 1 aliphatic heterocycles. The Hall–Kier alpha value is -3.10. The van der Waals surface area contributed by atoms with Crippen LogP contribution >= 0.6 is 0 Å². The highest BCUT2D eigenvalue weighted by Gasteiger charge is 2.26. The number of likely N-dealkylation sites (tertiary alicyclic amines) is 1. The highest BCUT2D eigenvalue weighted by Crippen LogP contribution is 2.27. The number of hydrogen-bond acceptors (Lipinski definition) is 6. The Morgan fingerprint density at radius 1 is 1.22 bits per heavy atom. The average molecular weight is 366 g/mol. The molecule has 140 valence electrons. The van der Waals surface area contributed by atoms with Crippen LogP contribution in [0, 0.1) is 0 Å². The number of aryl methyl sites for hydroxylation is 1. The van der Waals surface area contributed by atoms with Gasteiger partial charge in [-0.25, -0.2) is 9.67 Å². The van der Waals surface area contributed by atoms with E-state index in [4.69, 9.17) is 0 Å². The minimum absolute atomic E-state index is 0.155. The van der Waals surface area contributed by atoms with Crippen LogP contribution in [0.15, 0.2) is 43.2 Å². The number of amides is 1. The molecule has 1 aliphatic rings. The van der Waals surface area contributed by atoms with Gasteiger partial charge < -0.3 is 9.47 Å². The van der Waals surface area contributed by atoms with Gasteiger partial charge in [-0.3, -0.25) is 9.78 Å². The molecule has 9 nitrogen and oxygen atoms in total. The molecule has 27 heavy (non-hydrogen) atoms. The Morgan fingerprint density at radius 2 is 2.11 bits per heavy atom. The first-order chi connectivity index (χ1) is 13.3. The fourth-order valence-electron chi connectivity index (χ4n) is 3.54. The van der Waals surface area contributed by atoms with E-state index in [2.05, 4.69) is 36.1 Å². The topological polar surface area (TPSA) is 94.6 Å². The minimum Gasteiger partial charge on any atom is -0.343 e. The summed E-state index contributed by atoms with van der Waals surface area (Å²) < 4.78 is 3.77. The monoisotopic (exact) mass is 366 g/mol. The lowest BCUT2D eigenvalue weighted by Gasteiger charge is -2.32. The zero-order valence-electron chi connectivity index (χ0n) is 15.1. The first-order valence-corrected chi connectivity index (χ1v) is 9.18. The molecule has 1 amide bonds. The van der Waals surface area contributed by atoms with Crippen LogP contribution in [0.2, 0.25) is 0 Å². The van der Waals surface area contributed by atoms with Crippen molar-refractivity contribution in [3.05, 3.63) is 54.6 Å². The van der Waals surface area contributed by atoms with E-state index in [1.807, 2.05) is 29.6 Å². The van der Waals surface area contributed by atoms with Crippen LogP contribution in [0.5, 0.6) is 0 Å². The number of carbonyl (C=O) groups excluding carboxylic acids is 1. The van der Waals surface area contributed by atoms with Gasteiger partial charge in [-0.2, -0.15) is 0 Å². The van der Waals surface area contributed by atoms with E-state index in [0.717, 1.165) is 43.9 Å². The number of rotatable bonds is 6. The van der Waals surface area contributed by atoms with Gasteiger partial charge in [0.05, 0.1) is 13.1 Å². The van der Waals surface area contributed by atoms with Crippen molar-refractivity contribution >= 4 is 5.91 Å². The largest absolute Gasteiger partial charge is 0.343 e. The number of hydrogen-bond donors (Lipinski definition) is 0. The molecule has 3 aromatic heterocycles. The molecule has 1 saturated heterocycles. The molecule has 4 rings (SSSR count). The Kier molecular flexibility index (Phi) is 5.17. The van der Waals surface area contributed by atoms with Crippen LogP contribution in [0.25, 0.3) is 0 Å². The standard InChI is InChI=1S/C18H22N8O/c27-17(5-10-26-14-21-22-23-26)24-8-3-16(4-9-24)18-20-7-11-25(18)13-15-2-1-6-19-12-15/h1-2,6-7,11-12,14,16H,3-5,8-10,13H2. The van der Waals surface area contributed by atoms with Crippen LogP contribution in [-0.2, 0) is 17.9 Å². The average Bonchev–Trinajstić information content (AvgIpc) is 3.39. The summed E-state index contributed by atoms with van der Waals surface area (Å²) in [5, 5.41) is 11.0. The van der Waals surface area contributed by atoms with Crippen molar-refractivity contribution in [1.82, 2.24) is 39.6 Å². The highest BCUT2D eigenvalue weighted by molar-refractivity contribution is 5.76. The molecule has 0 unspecified atom stereocenters. The van der Waals surface area contributed by atoms with Gasteiger partial charge in [-0.15, -0.1) is 5.10 Å². The summed E-state index contributed by atoms with van der Waals surface area (Å²) in [5.41, 5.74) is 1.16. The molecule has 0 radical (unpaired) electrons. The van der Waals surface area contributed by atoms with Gasteiger partial charge in [0.2, 0.25) is 5.91 Å². The number of nitrogens with zero attached hydrogens (tertiary/aromatic N) is 8. The second kappa shape index (κ2) is 8.07. The van der Waals surface area contributed by atoms with E-state index in [9.17, 15) is 4.79 Å². The number of piperidine rings is 1. The third-order valence-electron chi connectivity index (χ3n) is 4.98. The molecule has 0 spiro atoms. The van der Waals surface area contributed by atoms with Crippen LogP contribution in [0.1, 0.15) is 36.6 Å². The van der Waals surface area contributed by atoms with Crippen molar-refractivity contribution in [2.75, 3.05) is 13.1 Å². The zero-order chi connectivity index (χ0) is 18.5. The first-order valence-electron chi connectivity index (χ1n) is 9.18. The van der Waals surface area contributed by atoms with Gasteiger partial charge >= 0.3 is 0 Å². The Balaban J connectivity index is 1.32. The molecular formula is C18H22N8O. The quantitative estimate of drug-likeness (QED) is 0.649. The fourth-order valence-corrected chi connectivity index (χ4v) is 3.54. The van der Waals surface area contributed by atoms with Gasteiger partial charge in [0, 0.05) is 50.2 Å². The second-order valence-electron chi connectivity index (χ2n) is 6.75. The molecule has 0 aromatic carbocycles. The molecule has 3 aromatic rings. The maximum atomic E-state index is 12.4. The lowest BCUT2D eigenvalue weighted by atomic mass is 9.95. The van der Waals surface area contributed by atoms with Crippen molar-refractivity contribution in [3.63, 3.8) is 0 Å². The molecule has 0 bridgehead atoms. The number of aromatic nitrogens is 7. The zero-order valence-corrected chi connectivity index (χ0v) is 15.1. The lowest BCUT2D eigenvalue weighted by Crippen LogP contribution is -2.38. The van der Waals surface area contributed by atoms with Crippen molar-refractivity contribution in [2.24, 2.45) is 0 Å². The van der Waals surface area contributed by atoms with E-state index in [1.165, 1.54) is 6.33 Å². The second-order valence-corrected chi connectivity index (χ2v) is 6.75. The minimum atomic E-state index is 0.155. The van der Waals surface area contributed by atoms with Crippen LogP contribution in [0.3, 0.4) is 0 Å². The summed E-state index contributed by atoms with van der Waals surface area (Å²) in [6.45, 7) is 2.81. The Morgan fingerprint density at radius 3 is 2.85 bits per heavy atom. The maximum absolute atomic E-state index is 12.4. The third kappa shape index (κ3) is 4.18. The van der Waals surface area contributed by atoms with E-state index in [1.54, 1.807) is 10.9 Å². The van der Waals surface area contributed by atoms with Crippen molar-refractivity contribution in [3.8, 4) is 0 Å². The van der Waals surface area contributed by atoms with Crippen molar-refractivity contribution in [2.45, 2.75) is 38.3 Å². The molecule has 9 heteroatoms. The number of imidazole rings is 1. The molecule has 0 atom stereocenters. The predicted octanol–water partition coefficient (Wildman–Crippen LogP) is 1.11. The van der Waals surface area contributed by atoms with E-state index in [-0.39, 0.29) is 5.91 Å². The first kappa shape index (κ1) is 17.3. The van der Waals surface area contributed by atoms with Crippen LogP contribution in [-0.4, -0.2) is 58.6 Å². The van der Waals surface area contributed by atoms with E-state index in [0.29, 0.717) is 18.9 Å². The summed E-state index contributed by atoms with van der Waals surface area (Å²) in [6, 6.07) is 4.02. The molecule has 4 heterocycles. The van der Waals surface area contributed by atoms with Gasteiger partial charge in [-0.05, 0) is 34.9 Å². The van der Waals surface area contributed by atoms with Crippen LogP contribution in [0.4, 0.5) is 0 Å². The number of carbonyl (C=O) groups is 1. The number of tetrazole rings is 1. The SMILES string of the molecule is O=C(CCn1cnnn1)N1CCC(c2nccn2Cc2cccnc2)CC1. The van der Waals surface area contributed by atoms with Crippen molar-refractivity contribution in [1.29, 1.82) is 0 Å². The fraction of sp³-hybridized carbons (Fsp3) is 0.444. The summed E-state index contributed by atoms with van der Waals surface area (Å²) in [4.78, 5) is 23.1. The Bertz CT molecular complexity index is 853. The van der Waals surface area contributed by atoms with Gasteiger partial charge in [0.25, 0.3) is 0 Å². The van der Waals surface area contributed by atoms with Gasteiger partial charge in [0.1, 0.15) is 12.2 Å². The smallest absolute Gasteiger partial charge is 0.224 e. The Labute approximate surface area is 157 Å². The highest BCUT2D eigenvalue weighted by atomic mass is 16.2. The summed E-state index contributed by atoms with van der Waals surface area (Å²) in [7, 11) is 0. The summed E-state index contributed by atoms with van der Waals surface area (Å²) in [5.74, 6) is 1.63. The molecule has 0 aliphatic carbocycles. The molecular weight excluding hydrogens is 344 g/mol. The summed E-state index contributed by atoms with van der Waals surface area (Å²) >= 11 is 0. The third-order valence-corrected chi connectivity index (χ3v) is 4.98. The van der Waals surface area contributed by atoms with Crippen molar-refractivity contribution < 1.29 is 4.79 Å². The summed E-state index contributed by atoms with van der Waals surface area (Å²) in [6.07, 6.45) is 11.4. The predicted molar refractivity (Wildman–Crippen MR) is 96.6 cm³/mol. The van der Waals surface area contributed by atoms with E-state index < -0.39 is 0 Å². The maximum Gasteiger partial charge on any atom is 0.224 e. The molecule has 0 saturated carbocycles. The normalized spacial score (nSPS) is 15.2. The van der Waals surface area contributed by atoms with Gasteiger partial charge in [0.15, 0.2) is 0 Å². The lowest BCUT2D eigenvalue weighted by molar-refractivity contribution is -0.132. The van der Waals surface area contributed by atoms with Gasteiger partial charge in [-0.1, -0.05) is 6.07 Å².